The molecule has 0 radical (unpaired) electrons. The van der Waals surface area contributed by atoms with Gasteiger partial charge in [0.05, 0.1) is 23.5 Å². The summed E-state index contributed by atoms with van der Waals surface area (Å²) in [5.41, 5.74) is 2.06. The Bertz CT molecular complexity index is 751. The lowest BCUT2D eigenvalue weighted by Crippen LogP contribution is -2.50. The summed E-state index contributed by atoms with van der Waals surface area (Å²) < 4.78 is 2.06. The summed E-state index contributed by atoms with van der Waals surface area (Å²) in [5.74, 6) is 0.236. The Morgan fingerprint density at radius 3 is 2.77 bits per heavy atom. The molecule has 140 valence electrons. The van der Waals surface area contributed by atoms with Crippen molar-refractivity contribution in [3.63, 3.8) is 0 Å². The van der Waals surface area contributed by atoms with Gasteiger partial charge in [-0.15, -0.1) is 0 Å². The van der Waals surface area contributed by atoms with Crippen molar-refractivity contribution in [2.75, 3.05) is 26.2 Å². The first kappa shape index (κ1) is 17.5. The molecular formula is C20H28N4O2. The van der Waals surface area contributed by atoms with Gasteiger partial charge in [-0.05, 0) is 44.4 Å². The van der Waals surface area contributed by atoms with Crippen LogP contribution < -0.4 is 0 Å². The SMILES string of the molecule is O=C(CCn1cnc2ccccc21)N1CCC(N2CCC[C@H](O)C2)CC1. The topological polar surface area (TPSA) is 61.6 Å². The van der Waals surface area contributed by atoms with E-state index >= 15 is 0 Å². The van der Waals surface area contributed by atoms with Gasteiger partial charge in [0.25, 0.3) is 0 Å². The minimum atomic E-state index is -0.173. The zero-order valence-electron chi connectivity index (χ0n) is 15.3. The van der Waals surface area contributed by atoms with E-state index in [2.05, 4.69) is 14.5 Å². The molecular weight excluding hydrogens is 328 g/mol. The average molecular weight is 356 g/mol. The van der Waals surface area contributed by atoms with Crippen LogP contribution >= 0.6 is 0 Å². The number of benzene rings is 1. The number of aromatic nitrogens is 2. The molecule has 0 unspecified atom stereocenters. The number of imidazole rings is 1. The Balaban J connectivity index is 1.27. The van der Waals surface area contributed by atoms with Gasteiger partial charge in [-0.2, -0.15) is 0 Å². The van der Waals surface area contributed by atoms with Gasteiger partial charge < -0.3 is 14.6 Å². The van der Waals surface area contributed by atoms with Gasteiger partial charge in [-0.1, -0.05) is 12.1 Å². The highest BCUT2D eigenvalue weighted by Gasteiger charge is 2.29. The van der Waals surface area contributed by atoms with Crippen LogP contribution in [0.2, 0.25) is 0 Å². The summed E-state index contributed by atoms with van der Waals surface area (Å²) in [4.78, 5) is 21.4. The number of para-hydroxylation sites is 2. The third kappa shape index (κ3) is 3.76. The van der Waals surface area contributed by atoms with E-state index < -0.39 is 0 Å². The van der Waals surface area contributed by atoms with Gasteiger partial charge in [0.2, 0.25) is 5.91 Å². The molecule has 2 aromatic rings. The number of nitrogens with zero attached hydrogens (tertiary/aromatic N) is 4. The Labute approximate surface area is 154 Å². The number of amides is 1. The second-order valence-electron chi connectivity index (χ2n) is 7.58. The van der Waals surface area contributed by atoms with E-state index in [4.69, 9.17) is 0 Å². The average Bonchev–Trinajstić information content (AvgIpc) is 3.09. The molecule has 0 bridgehead atoms. The van der Waals surface area contributed by atoms with E-state index in [0.717, 1.165) is 62.9 Å². The Hall–Kier alpha value is -1.92. The number of β-amino-alcohol motifs (C(OH)–C–C–N with tert-alkyl or cyclic N) is 1. The molecule has 4 rings (SSSR count). The van der Waals surface area contributed by atoms with Crippen molar-refractivity contribution in [2.45, 2.75) is 50.8 Å². The molecule has 26 heavy (non-hydrogen) atoms. The molecule has 1 amide bonds. The van der Waals surface area contributed by atoms with Gasteiger partial charge in [0.15, 0.2) is 0 Å². The van der Waals surface area contributed by atoms with E-state index in [1.807, 2.05) is 35.5 Å². The standard InChI is InChI=1S/C20H28N4O2/c25-17-4-3-10-23(14-17)16-7-11-22(12-8-16)20(26)9-13-24-15-21-18-5-1-2-6-19(18)24/h1-2,5-6,15-17,25H,3-4,7-14H2/t17-/m0/s1. The zero-order chi connectivity index (χ0) is 17.9. The van der Waals surface area contributed by atoms with Crippen molar-refractivity contribution in [3.05, 3.63) is 30.6 Å². The number of rotatable bonds is 4. The number of piperidine rings is 2. The largest absolute Gasteiger partial charge is 0.392 e. The van der Waals surface area contributed by atoms with E-state index in [-0.39, 0.29) is 12.0 Å². The number of carbonyl (C=O) groups is 1. The zero-order valence-corrected chi connectivity index (χ0v) is 15.3. The molecule has 0 saturated carbocycles. The maximum absolute atomic E-state index is 12.6. The number of aliphatic hydroxyl groups is 1. The molecule has 6 heteroatoms. The van der Waals surface area contributed by atoms with Crippen LogP contribution in [0.3, 0.4) is 0 Å². The van der Waals surface area contributed by atoms with Gasteiger partial charge >= 0.3 is 0 Å². The summed E-state index contributed by atoms with van der Waals surface area (Å²) in [6, 6.07) is 8.55. The van der Waals surface area contributed by atoms with E-state index in [1.54, 1.807) is 0 Å². The third-order valence-corrected chi connectivity index (χ3v) is 5.86. The fraction of sp³-hybridized carbons (Fsp3) is 0.600. The van der Waals surface area contributed by atoms with Crippen LogP contribution in [0.25, 0.3) is 11.0 Å². The summed E-state index contributed by atoms with van der Waals surface area (Å²) in [7, 11) is 0. The smallest absolute Gasteiger partial charge is 0.224 e. The highest BCUT2D eigenvalue weighted by atomic mass is 16.3. The highest BCUT2D eigenvalue weighted by molar-refractivity contribution is 5.77. The molecule has 2 saturated heterocycles. The summed E-state index contributed by atoms with van der Waals surface area (Å²) in [5, 5.41) is 9.87. The van der Waals surface area contributed by atoms with Crippen molar-refractivity contribution >= 4 is 16.9 Å². The van der Waals surface area contributed by atoms with E-state index in [1.165, 1.54) is 0 Å². The van der Waals surface area contributed by atoms with E-state index in [9.17, 15) is 9.90 Å². The Kier molecular flexibility index (Phi) is 5.22. The molecule has 1 N–H and O–H groups in total. The van der Waals surface area contributed by atoms with Crippen LogP contribution in [0.15, 0.2) is 30.6 Å². The molecule has 1 aromatic heterocycles. The lowest BCUT2D eigenvalue weighted by Gasteiger charge is -2.41. The fourth-order valence-electron chi connectivity index (χ4n) is 4.36. The van der Waals surface area contributed by atoms with Crippen molar-refractivity contribution in [3.8, 4) is 0 Å². The first-order chi connectivity index (χ1) is 12.7. The number of aryl methyl sites for hydroxylation is 1. The van der Waals surface area contributed by atoms with Crippen LogP contribution in [0, 0.1) is 0 Å². The van der Waals surface area contributed by atoms with E-state index in [0.29, 0.717) is 19.0 Å². The molecule has 2 aliphatic heterocycles. The molecule has 2 aliphatic rings. The van der Waals surface area contributed by atoms with Gasteiger partial charge in [0.1, 0.15) is 0 Å². The number of fused-ring (bicyclic) bond motifs is 1. The fourth-order valence-corrected chi connectivity index (χ4v) is 4.36. The Morgan fingerprint density at radius 2 is 1.96 bits per heavy atom. The quantitative estimate of drug-likeness (QED) is 0.909. The lowest BCUT2D eigenvalue weighted by atomic mass is 9.99. The van der Waals surface area contributed by atoms with Crippen molar-refractivity contribution in [1.82, 2.24) is 19.4 Å². The second-order valence-corrected chi connectivity index (χ2v) is 7.58. The van der Waals surface area contributed by atoms with Crippen LogP contribution in [-0.4, -0.2) is 68.7 Å². The molecule has 3 heterocycles. The van der Waals surface area contributed by atoms with Crippen molar-refractivity contribution < 1.29 is 9.90 Å². The Morgan fingerprint density at radius 1 is 1.15 bits per heavy atom. The maximum atomic E-state index is 12.6. The summed E-state index contributed by atoms with van der Waals surface area (Å²) in [6.07, 6.45) is 6.22. The summed E-state index contributed by atoms with van der Waals surface area (Å²) >= 11 is 0. The van der Waals surface area contributed by atoms with Gasteiger partial charge in [-0.25, -0.2) is 4.98 Å². The minimum absolute atomic E-state index is 0.173. The monoisotopic (exact) mass is 356 g/mol. The van der Waals surface area contributed by atoms with Gasteiger partial charge in [-0.3, -0.25) is 9.69 Å². The summed E-state index contributed by atoms with van der Waals surface area (Å²) in [6.45, 7) is 4.23. The predicted octanol–water partition coefficient (Wildman–Crippen LogP) is 1.87. The first-order valence-electron chi connectivity index (χ1n) is 9.80. The lowest BCUT2D eigenvalue weighted by molar-refractivity contribution is -0.133. The normalized spacial score (nSPS) is 22.8. The van der Waals surface area contributed by atoms with Crippen LogP contribution in [0.1, 0.15) is 32.1 Å². The number of aliphatic hydroxyl groups excluding tert-OH is 1. The number of carbonyl (C=O) groups excluding carboxylic acids is 1. The van der Waals surface area contributed by atoms with Crippen molar-refractivity contribution in [2.24, 2.45) is 0 Å². The second kappa shape index (κ2) is 7.76. The molecule has 2 fully saturated rings. The highest BCUT2D eigenvalue weighted by Crippen LogP contribution is 2.22. The predicted molar refractivity (Wildman–Crippen MR) is 101 cm³/mol. The number of likely N-dealkylation sites (tertiary alicyclic amines) is 2. The number of hydrogen-bond acceptors (Lipinski definition) is 4. The number of hydrogen-bond donors (Lipinski definition) is 1. The molecule has 6 nitrogen and oxygen atoms in total. The molecule has 1 atom stereocenters. The maximum Gasteiger partial charge on any atom is 0.224 e. The molecule has 1 aromatic carbocycles. The minimum Gasteiger partial charge on any atom is -0.392 e. The molecule has 0 spiro atoms. The van der Waals surface area contributed by atoms with Crippen LogP contribution in [0.5, 0.6) is 0 Å². The molecule has 0 aliphatic carbocycles. The van der Waals surface area contributed by atoms with Crippen LogP contribution in [-0.2, 0) is 11.3 Å². The van der Waals surface area contributed by atoms with Crippen LogP contribution in [0.4, 0.5) is 0 Å². The van der Waals surface area contributed by atoms with Gasteiger partial charge in [0, 0.05) is 38.6 Å². The van der Waals surface area contributed by atoms with Crippen molar-refractivity contribution in [1.29, 1.82) is 0 Å². The third-order valence-electron chi connectivity index (χ3n) is 5.86. The first-order valence-corrected chi connectivity index (χ1v) is 9.80.